The molecule has 152 valence electrons. The third kappa shape index (κ3) is 5.20. The number of nitrogen functional groups attached to an aromatic ring is 1. The summed E-state index contributed by atoms with van der Waals surface area (Å²) in [5.41, 5.74) is 10.6. The topological polar surface area (TPSA) is 73.2 Å². The summed E-state index contributed by atoms with van der Waals surface area (Å²) in [7, 11) is 0. The van der Waals surface area contributed by atoms with Crippen LogP contribution in [-0.4, -0.2) is 16.8 Å². The summed E-state index contributed by atoms with van der Waals surface area (Å²) in [5, 5.41) is 7.40. The van der Waals surface area contributed by atoms with Crippen LogP contribution in [-0.2, 0) is 13.0 Å². The molecule has 0 aliphatic rings. The number of rotatable bonds is 9. The van der Waals surface area contributed by atoms with Gasteiger partial charge in [-0.1, -0.05) is 42.5 Å². The molecule has 0 bridgehead atoms. The zero-order valence-corrected chi connectivity index (χ0v) is 16.8. The van der Waals surface area contributed by atoms with Gasteiger partial charge in [0.15, 0.2) is 0 Å². The number of hydrogen-bond donors (Lipinski definition) is 2. The van der Waals surface area contributed by atoms with E-state index in [4.69, 9.17) is 15.2 Å². The number of nitrogens with two attached hydrogens (primary N) is 1. The Labute approximate surface area is 176 Å². The molecule has 0 spiro atoms. The second-order valence-corrected chi connectivity index (χ2v) is 7.07. The van der Waals surface area contributed by atoms with Crippen molar-refractivity contribution in [2.75, 3.05) is 12.3 Å². The average Bonchev–Trinajstić information content (AvgIpc) is 3.26. The number of hydrogen-bond acceptors (Lipinski definition) is 4. The molecule has 5 nitrogen and oxygen atoms in total. The minimum absolute atomic E-state index is 0.379. The van der Waals surface area contributed by atoms with Crippen LogP contribution in [0.3, 0.4) is 0 Å². The molecular weight excluding hydrogens is 374 g/mol. The van der Waals surface area contributed by atoms with Crippen LogP contribution in [0.4, 0.5) is 5.69 Å². The summed E-state index contributed by atoms with van der Waals surface area (Å²) in [6, 6.07) is 27.9. The van der Waals surface area contributed by atoms with Gasteiger partial charge in [-0.25, -0.2) is 0 Å². The number of aryl methyl sites for hydroxylation is 1. The fourth-order valence-electron chi connectivity index (χ4n) is 3.18. The van der Waals surface area contributed by atoms with Gasteiger partial charge >= 0.3 is 0 Å². The van der Waals surface area contributed by atoms with Crippen molar-refractivity contribution in [3.05, 3.63) is 96.2 Å². The molecule has 4 rings (SSSR count). The van der Waals surface area contributed by atoms with Crippen molar-refractivity contribution in [1.82, 2.24) is 10.2 Å². The molecule has 3 N–H and O–H groups in total. The van der Waals surface area contributed by atoms with Crippen molar-refractivity contribution in [1.29, 1.82) is 0 Å². The minimum atomic E-state index is 0.379. The van der Waals surface area contributed by atoms with Crippen molar-refractivity contribution in [3.63, 3.8) is 0 Å². The highest BCUT2D eigenvalue weighted by atomic mass is 16.5. The highest BCUT2D eigenvalue weighted by Crippen LogP contribution is 2.24. The molecular formula is C25H25N3O2. The van der Waals surface area contributed by atoms with Gasteiger partial charge in [0.25, 0.3) is 0 Å². The van der Waals surface area contributed by atoms with Gasteiger partial charge in [0.05, 0.1) is 23.7 Å². The lowest BCUT2D eigenvalue weighted by atomic mass is 10.1. The van der Waals surface area contributed by atoms with Crippen molar-refractivity contribution < 1.29 is 9.47 Å². The van der Waals surface area contributed by atoms with E-state index in [0.29, 0.717) is 24.7 Å². The Kier molecular flexibility index (Phi) is 6.30. The Morgan fingerprint density at radius 1 is 0.833 bits per heavy atom. The molecule has 0 amide bonds. The normalized spacial score (nSPS) is 10.7. The SMILES string of the molecule is Nc1ccccc1OCc1cc(-c2ccc(OCCCc3ccccc3)cc2)n[nH]1. The molecule has 5 heteroatoms. The maximum absolute atomic E-state index is 5.91. The number of nitrogens with zero attached hydrogens (tertiary/aromatic N) is 1. The fourth-order valence-corrected chi connectivity index (χ4v) is 3.18. The Morgan fingerprint density at radius 2 is 1.60 bits per heavy atom. The molecule has 0 fully saturated rings. The first kappa shape index (κ1) is 19.6. The predicted molar refractivity (Wildman–Crippen MR) is 119 cm³/mol. The van der Waals surface area contributed by atoms with Crippen LogP contribution in [0.25, 0.3) is 11.3 Å². The van der Waals surface area contributed by atoms with Gasteiger partial charge in [0, 0.05) is 5.56 Å². The van der Waals surface area contributed by atoms with Gasteiger partial charge in [-0.05, 0) is 60.9 Å². The largest absolute Gasteiger partial charge is 0.494 e. The number of aromatic amines is 1. The van der Waals surface area contributed by atoms with Gasteiger partial charge in [-0.15, -0.1) is 0 Å². The van der Waals surface area contributed by atoms with E-state index < -0.39 is 0 Å². The fraction of sp³-hybridized carbons (Fsp3) is 0.160. The average molecular weight is 399 g/mol. The molecule has 4 aromatic rings. The molecule has 3 aromatic carbocycles. The van der Waals surface area contributed by atoms with Gasteiger partial charge < -0.3 is 15.2 Å². The van der Waals surface area contributed by atoms with Crippen LogP contribution in [0.15, 0.2) is 84.9 Å². The zero-order valence-electron chi connectivity index (χ0n) is 16.8. The summed E-state index contributed by atoms with van der Waals surface area (Å²) in [5.74, 6) is 1.54. The smallest absolute Gasteiger partial charge is 0.142 e. The quantitative estimate of drug-likeness (QED) is 0.298. The van der Waals surface area contributed by atoms with Crippen LogP contribution in [0.2, 0.25) is 0 Å². The van der Waals surface area contributed by atoms with Gasteiger partial charge in [-0.3, -0.25) is 5.10 Å². The lowest BCUT2D eigenvalue weighted by Crippen LogP contribution is -1.99. The molecule has 0 atom stereocenters. The van der Waals surface area contributed by atoms with E-state index in [0.717, 1.165) is 35.5 Å². The van der Waals surface area contributed by atoms with Crippen LogP contribution in [0.5, 0.6) is 11.5 Å². The zero-order chi connectivity index (χ0) is 20.6. The van der Waals surface area contributed by atoms with Gasteiger partial charge in [-0.2, -0.15) is 5.10 Å². The van der Waals surface area contributed by atoms with E-state index in [2.05, 4.69) is 34.5 Å². The summed E-state index contributed by atoms with van der Waals surface area (Å²) in [6.45, 7) is 1.07. The van der Waals surface area contributed by atoms with E-state index in [9.17, 15) is 0 Å². The number of anilines is 1. The number of para-hydroxylation sites is 2. The van der Waals surface area contributed by atoms with Crippen molar-refractivity contribution >= 4 is 5.69 Å². The summed E-state index contributed by atoms with van der Waals surface area (Å²) >= 11 is 0. The first-order valence-electron chi connectivity index (χ1n) is 10.1. The Morgan fingerprint density at radius 3 is 2.40 bits per heavy atom. The monoisotopic (exact) mass is 399 g/mol. The first-order chi connectivity index (χ1) is 14.8. The van der Waals surface area contributed by atoms with Crippen LogP contribution >= 0.6 is 0 Å². The number of nitrogens with one attached hydrogen (secondary N) is 1. The first-order valence-corrected chi connectivity index (χ1v) is 10.1. The van der Waals surface area contributed by atoms with Crippen molar-refractivity contribution in [2.24, 2.45) is 0 Å². The van der Waals surface area contributed by atoms with Crippen LogP contribution < -0.4 is 15.2 Å². The van der Waals surface area contributed by atoms with Gasteiger partial charge in [0.1, 0.15) is 18.1 Å². The van der Waals surface area contributed by atoms with E-state index in [1.54, 1.807) is 0 Å². The van der Waals surface area contributed by atoms with E-state index >= 15 is 0 Å². The summed E-state index contributed by atoms with van der Waals surface area (Å²) in [6.07, 6.45) is 2.01. The molecule has 1 heterocycles. The molecule has 0 aliphatic carbocycles. The summed E-state index contributed by atoms with van der Waals surface area (Å²) < 4.78 is 11.6. The Bertz CT molecular complexity index is 1060. The number of ether oxygens (including phenoxy) is 2. The predicted octanol–water partition coefficient (Wildman–Crippen LogP) is 5.25. The van der Waals surface area contributed by atoms with E-state index in [1.807, 2.05) is 60.7 Å². The molecule has 0 aliphatic heterocycles. The number of H-pyrrole nitrogens is 1. The maximum Gasteiger partial charge on any atom is 0.142 e. The van der Waals surface area contributed by atoms with Gasteiger partial charge in [0.2, 0.25) is 0 Å². The molecule has 0 unspecified atom stereocenters. The third-order valence-electron chi connectivity index (χ3n) is 4.80. The van der Waals surface area contributed by atoms with E-state index in [-0.39, 0.29) is 0 Å². The van der Waals surface area contributed by atoms with Crippen molar-refractivity contribution in [2.45, 2.75) is 19.4 Å². The second kappa shape index (κ2) is 9.65. The molecule has 0 saturated heterocycles. The second-order valence-electron chi connectivity index (χ2n) is 7.07. The highest BCUT2D eigenvalue weighted by Gasteiger charge is 2.06. The number of benzene rings is 3. The lowest BCUT2D eigenvalue weighted by Gasteiger charge is -2.07. The molecule has 30 heavy (non-hydrogen) atoms. The minimum Gasteiger partial charge on any atom is -0.494 e. The lowest BCUT2D eigenvalue weighted by molar-refractivity contribution is 0.303. The van der Waals surface area contributed by atoms with Crippen LogP contribution in [0.1, 0.15) is 17.7 Å². The molecule has 1 aromatic heterocycles. The standard InChI is InChI=1S/C25H25N3O2/c26-23-10-4-5-11-25(23)30-18-21-17-24(28-27-21)20-12-14-22(15-13-20)29-16-6-9-19-7-2-1-3-8-19/h1-5,7-8,10-15,17H,6,9,16,18,26H2,(H,27,28). The third-order valence-corrected chi connectivity index (χ3v) is 4.80. The Hall–Kier alpha value is -3.73. The number of aromatic nitrogens is 2. The Balaban J connectivity index is 1.27. The molecule has 0 radical (unpaired) electrons. The molecule has 0 saturated carbocycles. The van der Waals surface area contributed by atoms with Crippen LogP contribution in [0, 0.1) is 0 Å². The highest BCUT2D eigenvalue weighted by molar-refractivity contribution is 5.60. The summed E-state index contributed by atoms with van der Waals surface area (Å²) in [4.78, 5) is 0. The van der Waals surface area contributed by atoms with E-state index in [1.165, 1.54) is 5.56 Å². The van der Waals surface area contributed by atoms with Crippen molar-refractivity contribution in [3.8, 4) is 22.8 Å². The maximum atomic E-state index is 5.91.